The number of benzene rings is 1. The zero-order chi connectivity index (χ0) is 15.1. The number of hydrogen-bond acceptors (Lipinski definition) is 5. The van der Waals surface area contributed by atoms with E-state index in [-0.39, 0.29) is 6.04 Å². The van der Waals surface area contributed by atoms with Gasteiger partial charge in [-0.1, -0.05) is 32.0 Å². The van der Waals surface area contributed by atoms with Gasteiger partial charge in [-0.15, -0.1) is 0 Å². The molecule has 0 saturated heterocycles. The molecule has 1 aromatic carbocycles. The number of guanidine groups is 1. The second-order valence-electron chi connectivity index (χ2n) is 5.73. The van der Waals surface area contributed by atoms with Gasteiger partial charge >= 0.3 is 0 Å². The lowest BCUT2D eigenvalue weighted by molar-refractivity contribution is 0.178. The highest BCUT2D eigenvalue weighted by molar-refractivity contribution is 5.81. The molecular weight excluding hydrogens is 264 g/mol. The van der Waals surface area contributed by atoms with Gasteiger partial charge in [0.15, 0.2) is 5.96 Å². The normalized spacial score (nSPS) is 19.0. The lowest BCUT2D eigenvalue weighted by atomic mass is 10.0. The molecule has 2 unspecified atom stereocenters. The predicted octanol–water partition coefficient (Wildman–Crippen LogP) is 1.69. The van der Waals surface area contributed by atoms with Gasteiger partial charge in [0.2, 0.25) is 0 Å². The van der Waals surface area contributed by atoms with Gasteiger partial charge in [-0.3, -0.25) is 4.99 Å². The van der Waals surface area contributed by atoms with E-state index in [0.717, 1.165) is 24.7 Å². The van der Waals surface area contributed by atoms with Crippen molar-refractivity contribution in [1.29, 1.82) is 0 Å². The first-order chi connectivity index (χ1) is 10.2. The Balaban J connectivity index is 1.81. The molecule has 21 heavy (non-hydrogen) atoms. The molecule has 3 N–H and O–H groups in total. The van der Waals surface area contributed by atoms with Crippen molar-refractivity contribution in [3.8, 4) is 0 Å². The highest BCUT2D eigenvalue weighted by Gasteiger charge is 2.19. The Hall–Kier alpha value is -1.75. The minimum atomic E-state index is 0.289. The van der Waals surface area contributed by atoms with Gasteiger partial charge in [0, 0.05) is 25.4 Å². The Bertz CT molecular complexity index is 447. The first kappa shape index (κ1) is 15.6. The van der Waals surface area contributed by atoms with Crippen LogP contribution in [-0.2, 0) is 4.74 Å². The van der Waals surface area contributed by atoms with Crippen LogP contribution in [0.1, 0.15) is 13.8 Å². The number of nitrogens with one attached hydrogen (secondary N) is 3. The van der Waals surface area contributed by atoms with Crippen LogP contribution in [0.2, 0.25) is 0 Å². The number of aliphatic imine (C=N–C) groups is 1. The van der Waals surface area contributed by atoms with Crippen LogP contribution < -0.4 is 16.0 Å². The highest BCUT2D eigenvalue weighted by Crippen LogP contribution is 2.11. The zero-order valence-electron chi connectivity index (χ0n) is 13.1. The fourth-order valence-electron chi connectivity index (χ4n) is 2.30. The first-order valence-corrected chi connectivity index (χ1v) is 7.54. The minimum absolute atomic E-state index is 0.289. The number of hydrogen-bond donors (Lipinski definition) is 3. The lowest BCUT2D eigenvalue weighted by Gasteiger charge is -2.24. The van der Waals surface area contributed by atoms with Crippen molar-refractivity contribution in [1.82, 2.24) is 10.6 Å². The van der Waals surface area contributed by atoms with E-state index in [4.69, 9.17) is 4.74 Å². The van der Waals surface area contributed by atoms with Crippen molar-refractivity contribution in [3.63, 3.8) is 0 Å². The van der Waals surface area contributed by atoms with Gasteiger partial charge in [0.05, 0.1) is 19.2 Å². The van der Waals surface area contributed by atoms with E-state index in [0.29, 0.717) is 18.6 Å². The van der Waals surface area contributed by atoms with Crippen LogP contribution in [0.15, 0.2) is 35.3 Å². The van der Waals surface area contributed by atoms with Crippen LogP contribution in [0.3, 0.4) is 0 Å². The fourth-order valence-corrected chi connectivity index (χ4v) is 2.30. The summed E-state index contributed by atoms with van der Waals surface area (Å²) in [5, 5.41) is 10.3. The summed E-state index contributed by atoms with van der Waals surface area (Å²) in [5.41, 5.74) is 1.15. The number of para-hydroxylation sites is 1. The fraction of sp³-hybridized carbons (Fsp3) is 0.562. The number of ether oxygens (including phenoxy) is 1. The summed E-state index contributed by atoms with van der Waals surface area (Å²) in [6.45, 7) is 6.73. The Morgan fingerprint density at radius 2 is 2.10 bits per heavy atom. The Morgan fingerprint density at radius 3 is 2.76 bits per heavy atom. The maximum Gasteiger partial charge on any atom is 0.191 e. The molecule has 0 radical (unpaired) electrons. The summed E-state index contributed by atoms with van der Waals surface area (Å²) in [6, 6.07) is 10.9. The number of rotatable bonds is 7. The molecule has 0 saturated carbocycles. The molecular formula is C16H26N4O. The quantitative estimate of drug-likeness (QED) is 0.715. The summed E-state index contributed by atoms with van der Waals surface area (Å²) >= 11 is 0. The zero-order valence-corrected chi connectivity index (χ0v) is 13.1. The molecule has 0 amide bonds. The molecule has 5 nitrogen and oxygen atoms in total. The average molecular weight is 290 g/mol. The first-order valence-electron chi connectivity index (χ1n) is 7.54. The highest BCUT2D eigenvalue weighted by atomic mass is 16.5. The Labute approximate surface area is 127 Å². The molecule has 5 heteroatoms. The van der Waals surface area contributed by atoms with Gasteiger partial charge in [0.25, 0.3) is 0 Å². The summed E-state index contributed by atoms with van der Waals surface area (Å²) in [6.07, 6.45) is 0. The van der Waals surface area contributed by atoms with Gasteiger partial charge in [-0.2, -0.15) is 0 Å². The van der Waals surface area contributed by atoms with Crippen molar-refractivity contribution in [2.45, 2.75) is 25.9 Å². The maximum atomic E-state index is 5.14. The molecule has 0 aliphatic carbocycles. The van der Waals surface area contributed by atoms with Crippen LogP contribution in [0.25, 0.3) is 0 Å². The molecule has 2 rings (SSSR count). The van der Waals surface area contributed by atoms with Gasteiger partial charge in [-0.25, -0.2) is 0 Å². The van der Waals surface area contributed by atoms with Crippen molar-refractivity contribution in [2.24, 2.45) is 10.9 Å². The molecule has 1 aromatic rings. The van der Waals surface area contributed by atoms with Crippen molar-refractivity contribution < 1.29 is 4.74 Å². The van der Waals surface area contributed by atoms with Gasteiger partial charge in [0.1, 0.15) is 0 Å². The monoisotopic (exact) mass is 290 g/mol. The van der Waals surface area contributed by atoms with Crippen LogP contribution in [0.5, 0.6) is 0 Å². The van der Waals surface area contributed by atoms with Gasteiger partial charge < -0.3 is 20.7 Å². The average Bonchev–Trinajstić information content (AvgIpc) is 2.92. The molecule has 1 aliphatic heterocycles. The number of methoxy groups -OCH3 is 1. The molecule has 2 atom stereocenters. The summed E-state index contributed by atoms with van der Waals surface area (Å²) in [5.74, 6) is 1.40. The van der Waals surface area contributed by atoms with Crippen LogP contribution in [0.4, 0.5) is 5.69 Å². The SMILES string of the molecule is COCC1CN=C(NCC(Nc2ccccc2)C(C)C)N1. The summed E-state index contributed by atoms with van der Waals surface area (Å²) in [4.78, 5) is 4.46. The van der Waals surface area contributed by atoms with Crippen molar-refractivity contribution >= 4 is 11.6 Å². The third-order valence-electron chi connectivity index (χ3n) is 3.60. The van der Waals surface area contributed by atoms with Crippen LogP contribution in [-0.4, -0.2) is 44.8 Å². The number of nitrogens with zero attached hydrogens (tertiary/aromatic N) is 1. The minimum Gasteiger partial charge on any atom is -0.382 e. The third-order valence-corrected chi connectivity index (χ3v) is 3.60. The Morgan fingerprint density at radius 1 is 1.33 bits per heavy atom. The summed E-state index contributed by atoms with van der Waals surface area (Å²) in [7, 11) is 1.71. The predicted molar refractivity (Wildman–Crippen MR) is 87.8 cm³/mol. The largest absolute Gasteiger partial charge is 0.382 e. The standard InChI is InChI=1S/C16H26N4O/c1-12(2)15(19-13-7-5-4-6-8-13)10-18-16-17-9-14(20-16)11-21-3/h4-8,12,14-15,19H,9-11H2,1-3H3,(H2,17,18,20). The van der Waals surface area contributed by atoms with Crippen LogP contribution in [0, 0.1) is 5.92 Å². The molecule has 0 fully saturated rings. The molecule has 0 bridgehead atoms. The topological polar surface area (TPSA) is 57.7 Å². The van der Waals surface area contributed by atoms with E-state index in [1.165, 1.54) is 0 Å². The van der Waals surface area contributed by atoms with E-state index in [9.17, 15) is 0 Å². The molecule has 0 aromatic heterocycles. The van der Waals surface area contributed by atoms with Crippen molar-refractivity contribution in [2.75, 3.05) is 32.1 Å². The molecule has 1 heterocycles. The third kappa shape index (κ3) is 4.93. The molecule has 116 valence electrons. The number of anilines is 1. The van der Waals surface area contributed by atoms with E-state index < -0.39 is 0 Å². The molecule has 0 spiro atoms. The smallest absolute Gasteiger partial charge is 0.191 e. The van der Waals surface area contributed by atoms with E-state index in [1.807, 2.05) is 18.2 Å². The summed E-state index contributed by atoms with van der Waals surface area (Å²) < 4.78 is 5.14. The second-order valence-corrected chi connectivity index (χ2v) is 5.73. The Kier molecular flexibility index (Phi) is 5.87. The second kappa shape index (κ2) is 7.88. The maximum absolute atomic E-state index is 5.14. The van der Waals surface area contributed by atoms with E-state index in [2.05, 4.69) is 46.9 Å². The van der Waals surface area contributed by atoms with Gasteiger partial charge in [-0.05, 0) is 18.1 Å². The van der Waals surface area contributed by atoms with E-state index in [1.54, 1.807) is 7.11 Å². The van der Waals surface area contributed by atoms with E-state index >= 15 is 0 Å². The van der Waals surface area contributed by atoms with Crippen LogP contribution >= 0.6 is 0 Å². The lowest BCUT2D eigenvalue weighted by Crippen LogP contribution is -2.46. The molecule has 1 aliphatic rings. The van der Waals surface area contributed by atoms with Crippen molar-refractivity contribution in [3.05, 3.63) is 30.3 Å².